The fourth-order valence-corrected chi connectivity index (χ4v) is 5.34. The van der Waals surface area contributed by atoms with Crippen LogP contribution in [0, 0.1) is 0 Å². The minimum absolute atomic E-state index is 0. The third-order valence-electron chi connectivity index (χ3n) is 6.08. The normalized spacial score (nSPS) is 17.4. The van der Waals surface area contributed by atoms with Gasteiger partial charge in [-0.2, -0.15) is 0 Å². The van der Waals surface area contributed by atoms with Crippen LogP contribution >= 0.6 is 48.2 Å². The van der Waals surface area contributed by atoms with Crippen molar-refractivity contribution in [2.45, 2.75) is 24.0 Å². The van der Waals surface area contributed by atoms with Gasteiger partial charge in [0.25, 0.3) is 5.56 Å². The van der Waals surface area contributed by atoms with Crippen LogP contribution in [0.1, 0.15) is 11.3 Å². The Morgan fingerprint density at radius 2 is 2.11 bits per heavy atom. The van der Waals surface area contributed by atoms with Gasteiger partial charge in [0, 0.05) is 52.0 Å². The molecule has 35 heavy (non-hydrogen) atoms. The van der Waals surface area contributed by atoms with Crippen LogP contribution < -0.4 is 15.6 Å². The summed E-state index contributed by atoms with van der Waals surface area (Å²) < 4.78 is 13.1. The fourth-order valence-electron chi connectivity index (χ4n) is 4.32. The molecule has 1 N–H and O–H groups in total. The summed E-state index contributed by atoms with van der Waals surface area (Å²) in [7, 11) is 1.77. The lowest BCUT2D eigenvalue weighted by Crippen LogP contribution is -2.47. The molecule has 5 rings (SSSR count). The lowest BCUT2D eigenvalue weighted by Gasteiger charge is -2.33. The summed E-state index contributed by atoms with van der Waals surface area (Å²) in [5, 5.41) is 4.07. The number of aromatic nitrogens is 3. The van der Waals surface area contributed by atoms with E-state index in [2.05, 4.69) is 26.3 Å². The molecule has 0 radical (unpaired) electrons. The zero-order valence-electron chi connectivity index (χ0n) is 19.2. The summed E-state index contributed by atoms with van der Waals surface area (Å²) >= 11 is 8.19. The number of hydrogen-bond donors (Lipinski definition) is 1. The first-order valence-electron chi connectivity index (χ1n) is 11.0. The SMILES string of the molecule is Cl.Cl.Cn1c(=O)ccc2ncc(Cl)c(CCN3CCO[C@@H](CNCc4cc5c(cn4)OCS5)C3)c21. The molecular formula is C23H28Cl3N5O3S. The molecular weight excluding hydrogens is 533 g/mol. The van der Waals surface area contributed by atoms with Gasteiger partial charge in [0.2, 0.25) is 0 Å². The highest BCUT2D eigenvalue weighted by molar-refractivity contribution is 7.99. The molecule has 0 spiro atoms. The number of nitrogens with zero attached hydrogens (tertiary/aromatic N) is 4. The van der Waals surface area contributed by atoms with Crippen molar-refractivity contribution in [3.8, 4) is 5.75 Å². The number of pyridine rings is 3. The molecule has 190 valence electrons. The van der Waals surface area contributed by atoms with Crippen molar-refractivity contribution >= 4 is 59.2 Å². The number of thioether (sulfide) groups is 1. The Bertz CT molecular complexity index is 1230. The molecule has 3 aromatic rings. The fraction of sp³-hybridized carbons (Fsp3) is 0.435. The number of hydrogen-bond acceptors (Lipinski definition) is 8. The van der Waals surface area contributed by atoms with Gasteiger partial charge in [-0.25, -0.2) is 0 Å². The number of ether oxygens (including phenoxy) is 2. The summed E-state index contributed by atoms with van der Waals surface area (Å²) in [6, 6.07) is 5.39. The van der Waals surface area contributed by atoms with Crippen LogP contribution in [0.3, 0.4) is 0 Å². The maximum atomic E-state index is 12.2. The predicted octanol–water partition coefficient (Wildman–Crippen LogP) is 3.30. The number of nitrogens with one attached hydrogen (secondary N) is 1. The molecule has 2 aliphatic heterocycles. The van der Waals surface area contributed by atoms with E-state index in [1.54, 1.807) is 41.8 Å². The molecule has 8 nitrogen and oxygen atoms in total. The first-order valence-corrected chi connectivity index (χ1v) is 12.4. The summed E-state index contributed by atoms with van der Waals surface area (Å²) in [5.74, 6) is 1.54. The third kappa shape index (κ3) is 6.40. The van der Waals surface area contributed by atoms with Crippen LogP contribution in [0.5, 0.6) is 5.75 Å². The second kappa shape index (κ2) is 12.6. The van der Waals surface area contributed by atoms with Crippen molar-refractivity contribution < 1.29 is 9.47 Å². The Labute approximate surface area is 225 Å². The molecule has 0 saturated carbocycles. The molecule has 2 aliphatic rings. The Morgan fingerprint density at radius 3 is 2.97 bits per heavy atom. The molecule has 0 aliphatic carbocycles. The highest BCUT2D eigenvalue weighted by atomic mass is 35.5. The zero-order valence-corrected chi connectivity index (χ0v) is 22.4. The van der Waals surface area contributed by atoms with Crippen LogP contribution in [0.25, 0.3) is 11.0 Å². The highest BCUT2D eigenvalue weighted by Crippen LogP contribution is 2.35. The van der Waals surface area contributed by atoms with E-state index in [1.807, 2.05) is 0 Å². The first kappa shape index (κ1) is 28.0. The van der Waals surface area contributed by atoms with Gasteiger partial charge in [0.05, 0.1) is 45.6 Å². The average molecular weight is 561 g/mol. The molecule has 0 aromatic carbocycles. The number of fused-ring (bicyclic) bond motifs is 2. The molecule has 3 aromatic heterocycles. The van der Waals surface area contributed by atoms with Gasteiger partial charge in [-0.15, -0.1) is 24.8 Å². The maximum absolute atomic E-state index is 12.2. The second-order valence-corrected chi connectivity index (χ2v) is 9.62. The van der Waals surface area contributed by atoms with Crippen molar-refractivity contribution in [1.82, 2.24) is 24.8 Å². The van der Waals surface area contributed by atoms with Gasteiger partial charge in [-0.3, -0.25) is 19.7 Å². The van der Waals surface area contributed by atoms with Crippen LogP contribution in [0.2, 0.25) is 5.02 Å². The topological polar surface area (TPSA) is 81.5 Å². The van der Waals surface area contributed by atoms with Gasteiger partial charge >= 0.3 is 0 Å². The van der Waals surface area contributed by atoms with Gasteiger partial charge in [0.15, 0.2) is 5.75 Å². The molecule has 1 atom stereocenters. The number of halogens is 3. The number of rotatable bonds is 7. The van der Waals surface area contributed by atoms with Crippen LogP contribution in [0.15, 0.2) is 40.3 Å². The van der Waals surface area contributed by atoms with Crippen molar-refractivity contribution in [2.24, 2.45) is 7.05 Å². The van der Waals surface area contributed by atoms with E-state index in [9.17, 15) is 4.79 Å². The van der Waals surface area contributed by atoms with Gasteiger partial charge < -0.3 is 19.4 Å². The Balaban J connectivity index is 0.00000171. The lowest BCUT2D eigenvalue weighted by atomic mass is 10.1. The van der Waals surface area contributed by atoms with Gasteiger partial charge in [-0.05, 0) is 24.1 Å². The quantitative estimate of drug-likeness (QED) is 0.472. The van der Waals surface area contributed by atoms with E-state index in [-0.39, 0.29) is 36.5 Å². The number of morpholine rings is 1. The monoisotopic (exact) mass is 559 g/mol. The van der Waals surface area contributed by atoms with Crippen molar-refractivity contribution in [1.29, 1.82) is 0 Å². The highest BCUT2D eigenvalue weighted by Gasteiger charge is 2.21. The van der Waals surface area contributed by atoms with Crippen molar-refractivity contribution in [2.75, 3.05) is 38.7 Å². The summed E-state index contributed by atoms with van der Waals surface area (Å²) in [6.07, 6.45) is 4.33. The van der Waals surface area contributed by atoms with Crippen LogP contribution in [0.4, 0.5) is 0 Å². The van der Waals surface area contributed by atoms with E-state index >= 15 is 0 Å². The summed E-state index contributed by atoms with van der Waals surface area (Å²) in [6.45, 7) is 4.70. The zero-order chi connectivity index (χ0) is 22.8. The van der Waals surface area contributed by atoms with Crippen LogP contribution in [-0.2, 0) is 24.8 Å². The Kier molecular flexibility index (Phi) is 10.1. The third-order valence-corrected chi connectivity index (χ3v) is 7.27. The average Bonchev–Trinajstić information content (AvgIpc) is 3.29. The van der Waals surface area contributed by atoms with E-state index in [1.165, 1.54) is 6.07 Å². The van der Waals surface area contributed by atoms with Crippen molar-refractivity contribution in [3.63, 3.8) is 0 Å². The van der Waals surface area contributed by atoms with Gasteiger partial charge in [0.1, 0.15) is 5.94 Å². The Hall–Kier alpha value is -1.59. The molecule has 1 saturated heterocycles. The number of aryl methyl sites for hydroxylation is 1. The van der Waals surface area contributed by atoms with Crippen molar-refractivity contribution in [3.05, 3.63) is 57.2 Å². The van der Waals surface area contributed by atoms with Gasteiger partial charge in [-0.1, -0.05) is 23.4 Å². The smallest absolute Gasteiger partial charge is 0.250 e. The molecule has 0 amide bonds. The maximum Gasteiger partial charge on any atom is 0.250 e. The standard InChI is InChI=1S/C23H26ClN5O3S.2ClH/c1-28-22(30)3-2-19-23(28)17(18(24)11-27-19)4-5-29-6-7-31-16(13-29)10-25-9-15-8-21-20(12-26-15)32-14-33-21;;/h2-3,8,11-12,16,25H,4-7,9-10,13-14H2,1H3;2*1H/t16-;;/m0../s1. The minimum Gasteiger partial charge on any atom is -0.480 e. The molecule has 0 bridgehead atoms. The molecule has 12 heteroatoms. The van der Waals surface area contributed by atoms with E-state index in [0.717, 1.165) is 65.5 Å². The lowest BCUT2D eigenvalue weighted by molar-refractivity contribution is -0.0267. The van der Waals surface area contributed by atoms with Crippen LogP contribution in [-0.4, -0.2) is 64.3 Å². The molecule has 0 unspecified atom stereocenters. The Morgan fingerprint density at radius 1 is 1.26 bits per heavy atom. The first-order chi connectivity index (χ1) is 16.1. The predicted molar refractivity (Wildman–Crippen MR) is 144 cm³/mol. The van der Waals surface area contributed by atoms with E-state index < -0.39 is 0 Å². The van der Waals surface area contributed by atoms with E-state index in [0.29, 0.717) is 24.1 Å². The summed E-state index contributed by atoms with van der Waals surface area (Å²) in [4.78, 5) is 24.5. The van der Waals surface area contributed by atoms with E-state index in [4.69, 9.17) is 21.1 Å². The molecule has 1 fully saturated rings. The largest absolute Gasteiger partial charge is 0.480 e. The molecule has 5 heterocycles. The minimum atomic E-state index is -0.0608. The summed E-state index contributed by atoms with van der Waals surface area (Å²) in [5.41, 5.74) is 3.50. The second-order valence-electron chi connectivity index (χ2n) is 8.25.